The van der Waals surface area contributed by atoms with Crippen molar-refractivity contribution in [2.75, 3.05) is 6.54 Å². The predicted octanol–water partition coefficient (Wildman–Crippen LogP) is 3.45. The van der Waals surface area contributed by atoms with E-state index in [-0.39, 0.29) is 5.82 Å². The van der Waals surface area contributed by atoms with E-state index >= 15 is 0 Å². The fourth-order valence-corrected chi connectivity index (χ4v) is 2.65. The number of benzene rings is 1. The van der Waals surface area contributed by atoms with Gasteiger partial charge in [-0.15, -0.1) is 0 Å². The van der Waals surface area contributed by atoms with Crippen LogP contribution in [0.2, 0.25) is 0 Å². The number of nitrogens with zero attached hydrogens (tertiary/aromatic N) is 2. The number of aromatic nitrogens is 1. The molecule has 0 saturated carbocycles. The van der Waals surface area contributed by atoms with Crippen molar-refractivity contribution >= 4 is 21.9 Å². The Labute approximate surface area is 143 Å². The third-order valence-electron chi connectivity index (χ3n) is 3.30. The number of rotatable bonds is 5. The Hall–Kier alpha value is -1.89. The van der Waals surface area contributed by atoms with E-state index in [1.54, 1.807) is 0 Å². The zero-order valence-corrected chi connectivity index (χ0v) is 15.0. The summed E-state index contributed by atoms with van der Waals surface area (Å²) >= 11 is 3.29. The third kappa shape index (κ3) is 5.06. The Morgan fingerprint density at radius 2 is 2.09 bits per heavy atom. The Balaban J connectivity index is 2.05. The van der Waals surface area contributed by atoms with Crippen molar-refractivity contribution in [1.29, 1.82) is 0 Å². The molecule has 0 radical (unpaired) electrons. The molecule has 0 bridgehead atoms. The number of halogens is 2. The largest absolute Gasteiger partial charge is 0.361 e. The number of guanidine groups is 1. The van der Waals surface area contributed by atoms with E-state index in [1.807, 2.05) is 26.8 Å². The summed E-state index contributed by atoms with van der Waals surface area (Å²) in [6.45, 7) is 7.46. The van der Waals surface area contributed by atoms with Gasteiger partial charge in [0.2, 0.25) is 0 Å². The second-order valence-corrected chi connectivity index (χ2v) is 6.04. The molecule has 124 valence electrons. The molecule has 1 aromatic heterocycles. The first kappa shape index (κ1) is 17.5. The second kappa shape index (κ2) is 8.10. The van der Waals surface area contributed by atoms with E-state index in [9.17, 15) is 4.39 Å². The highest BCUT2D eigenvalue weighted by Crippen LogP contribution is 2.15. The Morgan fingerprint density at radius 1 is 1.30 bits per heavy atom. The van der Waals surface area contributed by atoms with Crippen LogP contribution in [-0.2, 0) is 13.1 Å². The highest BCUT2D eigenvalue weighted by Gasteiger charge is 2.09. The summed E-state index contributed by atoms with van der Waals surface area (Å²) in [5.74, 6) is 1.17. The normalized spacial score (nSPS) is 11.6. The van der Waals surface area contributed by atoms with Crippen LogP contribution in [0.5, 0.6) is 0 Å². The quantitative estimate of drug-likeness (QED) is 0.613. The summed E-state index contributed by atoms with van der Waals surface area (Å²) in [6.07, 6.45) is 0. The van der Waals surface area contributed by atoms with Crippen molar-refractivity contribution < 1.29 is 8.91 Å². The van der Waals surface area contributed by atoms with Gasteiger partial charge in [-0.2, -0.15) is 0 Å². The Morgan fingerprint density at radius 3 is 2.70 bits per heavy atom. The number of hydrogen-bond donors (Lipinski definition) is 2. The SMILES string of the molecule is CCNC(=NCc1cc(F)cc(Br)c1)NCc1c(C)noc1C. The molecular formula is C16H20BrFN4O. The van der Waals surface area contributed by atoms with Crippen molar-refractivity contribution in [3.8, 4) is 0 Å². The fraction of sp³-hybridized carbons (Fsp3) is 0.375. The topological polar surface area (TPSA) is 62.5 Å². The zero-order chi connectivity index (χ0) is 16.8. The van der Waals surface area contributed by atoms with Gasteiger partial charge in [0.25, 0.3) is 0 Å². The lowest BCUT2D eigenvalue weighted by Gasteiger charge is -2.11. The Kier molecular flexibility index (Phi) is 6.15. The van der Waals surface area contributed by atoms with Crippen LogP contribution in [0.15, 0.2) is 32.2 Å². The van der Waals surface area contributed by atoms with Crippen molar-refractivity contribution in [3.63, 3.8) is 0 Å². The average molecular weight is 383 g/mol. The zero-order valence-electron chi connectivity index (χ0n) is 13.4. The molecule has 1 aromatic carbocycles. The Bertz CT molecular complexity index is 660. The van der Waals surface area contributed by atoms with Gasteiger partial charge in [-0.1, -0.05) is 21.1 Å². The lowest BCUT2D eigenvalue weighted by atomic mass is 10.2. The summed E-state index contributed by atoms with van der Waals surface area (Å²) in [4.78, 5) is 4.48. The van der Waals surface area contributed by atoms with E-state index in [4.69, 9.17) is 4.52 Å². The minimum atomic E-state index is -0.279. The average Bonchev–Trinajstić information content (AvgIpc) is 2.80. The number of aryl methyl sites for hydroxylation is 2. The maximum atomic E-state index is 13.4. The lowest BCUT2D eigenvalue weighted by Crippen LogP contribution is -2.37. The summed E-state index contributed by atoms with van der Waals surface area (Å²) in [5.41, 5.74) is 2.68. The van der Waals surface area contributed by atoms with Gasteiger partial charge in [-0.25, -0.2) is 9.38 Å². The first-order valence-corrected chi connectivity index (χ1v) is 8.17. The molecule has 0 amide bonds. The van der Waals surface area contributed by atoms with Crippen LogP contribution >= 0.6 is 15.9 Å². The van der Waals surface area contributed by atoms with E-state index in [1.165, 1.54) is 12.1 Å². The molecule has 0 aliphatic rings. The van der Waals surface area contributed by atoms with Gasteiger partial charge in [0.1, 0.15) is 11.6 Å². The highest BCUT2D eigenvalue weighted by atomic mass is 79.9. The maximum absolute atomic E-state index is 13.4. The molecular weight excluding hydrogens is 363 g/mol. The molecule has 1 heterocycles. The molecule has 23 heavy (non-hydrogen) atoms. The van der Waals surface area contributed by atoms with Gasteiger partial charge in [-0.05, 0) is 44.5 Å². The van der Waals surface area contributed by atoms with E-state index < -0.39 is 0 Å². The summed E-state index contributed by atoms with van der Waals surface area (Å²) in [7, 11) is 0. The van der Waals surface area contributed by atoms with Crippen molar-refractivity contribution in [2.24, 2.45) is 4.99 Å². The first-order chi connectivity index (χ1) is 11.0. The van der Waals surface area contributed by atoms with Gasteiger partial charge in [0, 0.05) is 23.1 Å². The smallest absolute Gasteiger partial charge is 0.191 e. The standard InChI is InChI=1S/C16H20BrFN4O/c1-4-19-16(21-9-15-10(2)22-23-11(15)3)20-8-12-5-13(17)7-14(18)6-12/h5-7H,4,8-9H2,1-3H3,(H2,19,20,21). The minimum Gasteiger partial charge on any atom is -0.361 e. The van der Waals surface area contributed by atoms with Crippen molar-refractivity contribution in [1.82, 2.24) is 15.8 Å². The van der Waals surface area contributed by atoms with Crippen LogP contribution in [0, 0.1) is 19.7 Å². The van der Waals surface area contributed by atoms with Crippen LogP contribution < -0.4 is 10.6 Å². The molecule has 0 unspecified atom stereocenters. The fourth-order valence-electron chi connectivity index (χ4n) is 2.14. The summed E-state index contributed by atoms with van der Waals surface area (Å²) in [5, 5.41) is 10.3. The molecule has 0 aliphatic carbocycles. The molecule has 0 fully saturated rings. The van der Waals surface area contributed by atoms with Crippen LogP contribution in [-0.4, -0.2) is 17.7 Å². The molecule has 7 heteroatoms. The van der Waals surface area contributed by atoms with Crippen molar-refractivity contribution in [2.45, 2.75) is 33.9 Å². The first-order valence-electron chi connectivity index (χ1n) is 7.38. The third-order valence-corrected chi connectivity index (χ3v) is 3.76. The van der Waals surface area contributed by atoms with Crippen molar-refractivity contribution in [3.05, 3.63) is 51.1 Å². The molecule has 0 aliphatic heterocycles. The highest BCUT2D eigenvalue weighted by molar-refractivity contribution is 9.10. The van der Waals surface area contributed by atoms with Gasteiger partial charge in [0.15, 0.2) is 5.96 Å². The number of nitrogens with one attached hydrogen (secondary N) is 2. The molecule has 2 aromatic rings. The van der Waals surface area contributed by atoms with Crippen LogP contribution in [0.4, 0.5) is 4.39 Å². The van der Waals surface area contributed by atoms with E-state index in [0.717, 1.165) is 29.1 Å². The van der Waals surface area contributed by atoms with Crippen LogP contribution in [0.3, 0.4) is 0 Å². The predicted molar refractivity (Wildman–Crippen MR) is 91.7 cm³/mol. The monoisotopic (exact) mass is 382 g/mol. The van der Waals surface area contributed by atoms with Gasteiger partial charge < -0.3 is 15.2 Å². The van der Waals surface area contributed by atoms with E-state index in [2.05, 4.69) is 36.7 Å². The number of aliphatic imine (C=N–C) groups is 1. The lowest BCUT2D eigenvalue weighted by molar-refractivity contribution is 0.392. The molecule has 5 nitrogen and oxygen atoms in total. The van der Waals surface area contributed by atoms with Crippen LogP contribution in [0.25, 0.3) is 0 Å². The van der Waals surface area contributed by atoms with Gasteiger partial charge >= 0.3 is 0 Å². The van der Waals surface area contributed by atoms with Gasteiger partial charge in [-0.3, -0.25) is 0 Å². The maximum Gasteiger partial charge on any atom is 0.191 e. The van der Waals surface area contributed by atoms with Crippen LogP contribution in [0.1, 0.15) is 29.5 Å². The minimum absolute atomic E-state index is 0.279. The van der Waals surface area contributed by atoms with E-state index in [0.29, 0.717) is 23.5 Å². The molecule has 0 spiro atoms. The molecule has 2 rings (SSSR count). The second-order valence-electron chi connectivity index (χ2n) is 5.13. The number of hydrogen-bond acceptors (Lipinski definition) is 3. The molecule has 2 N–H and O–H groups in total. The summed E-state index contributed by atoms with van der Waals surface area (Å²) < 4.78 is 19.2. The summed E-state index contributed by atoms with van der Waals surface area (Å²) in [6, 6.07) is 4.75. The molecule has 0 atom stereocenters. The van der Waals surface area contributed by atoms with Gasteiger partial charge in [0.05, 0.1) is 12.2 Å². The molecule has 0 saturated heterocycles.